The van der Waals surface area contributed by atoms with Crippen molar-refractivity contribution in [2.24, 2.45) is 0 Å². The molecule has 2 aromatic rings. The van der Waals surface area contributed by atoms with Crippen molar-refractivity contribution in [3.63, 3.8) is 0 Å². The van der Waals surface area contributed by atoms with E-state index in [0.29, 0.717) is 20.1 Å². The third-order valence-corrected chi connectivity index (χ3v) is 3.97. The molecule has 0 saturated carbocycles. The van der Waals surface area contributed by atoms with E-state index in [4.69, 9.17) is 28.3 Å². The van der Waals surface area contributed by atoms with Gasteiger partial charge in [-0.1, -0.05) is 45.2 Å². The van der Waals surface area contributed by atoms with Crippen molar-refractivity contribution in [1.29, 1.82) is 0 Å². The Morgan fingerprint density at radius 2 is 1.74 bits per heavy atom. The molecule has 0 aliphatic rings. The highest BCUT2D eigenvalue weighted by Crippen LogP contribution is 2.29. The number of carboxylic acids is 1. The average Bonchev–Trinajstić information content (AvgIpc) is 2.47. The summed E-state index contributed by atoms with van der Waals surface area (Å²) in [6.07, 6.45) is 2.66. The van der Waals surface area contributed by atoms with Gasteiger partial charge >= 0.3 is 5.97 Å². The summed E-state index contributed by atoms with van der Waals surface area (Å²) >= 11 is 14.9. The fraction of sp³-hybridized carbons (Fsp3) is 0. The normalized spacial score (nSPS) is 10.9. The molecule has 0 saturated heterocycles. The third kappa shape index (κ3) is 4.13. The Balaban J connectivity index is 2.38. The lowest BCUT2D eigenvalue weighted by Gasteiger charge is -2.06. The minimum absolute atomic E-state index is 0.127. The molecule has 0 amide bonds. The Hall–Kier alpha value is -1.82. The standard InChI is InChI=1S/C16H9BrCl2O4/c17-9-5-11(15(21)12(6-9)16(22)23)14(20)4-2-8-1-3-10(18)7-13(8)19/h1-7,21H,(H,22,23)/b4-2+. The van der Waals surface area contributed by atoms with Gasteiger partial charge in [0.05, 0.1) is 5.56 Å². The first-order valence-electron chi connectivity index (χ1n) is 6.23. The van der Waals surface area contributed by atoms with Gasteiger partial charge in [-0.05, 0) is 42.0 Å². The topological polar surface area (TPSA) is 74.6 Å². The lowest BCUT2D eigenvalue weighted by molar-refractivity contribution is 0.0693. The van der Waals surface area contributed by atoms with Crippen LogP contribution in [-0.4, -0.2) is 22.0 Å². The van der Waals surface area contributed by atoms with E-state index < -0.39 is 17.5 Å². The highest BCUT2D eigenvalue weighted by atomic mass is 79.9. The molecule has 2 aromatic carbocycles. The molecule has 4 nitrogen and oxygen atoms in total. The van der Waals surface area contributed by atoms with Crippen LogP contribution in [0.3, 0.4) is 0 Å². The number of aromatic hydroxyl groups is 1. The summed E-state index contributed by atoms with van der Waals surface area (Å²) in [6, 6.07) is 7.35. The Bertz CT molecular complexity index is 831. The predicted octanol–water partition coefficient (Wildman–Crippen LogP) is 5.06. The van der Waals surface area contributed by atoms with Crippen LogP contribution >= 0.6 is 39.1 Å². The van der Waals surface area contributed by atoms with Crippen molar-refractivity contribution in [3.05, 3.63) is 67.6 Å². The monoisotopic (exact) mass is 414 g/mol. The maximum absolute atomic E-state index is 12.2. The molecule has 7 heteroatoms. The summed E-state index contributed by atoms with van der Waals surface area (Å²) in [5, 5.41) is 19.8. The first-order chi connectivity index (χ1) is 10.8. The van der Waals surface area contributed by atoms with Crippen molar-refractivity contribution < 1.29 is 19.8 Å². The van der Waals surface area contributed by atoms with Gasteiger partial charge in [0.15, 0.2) is 5.78 Å². The number of carbonyl (C=O) groups excluding carboxylic acids is 1. The molecule has 0 atom stereocenters. The second-order valence-electron chi connectivity index (χ2n) is 4.52. The second kappa shape index (κ2) is 7.17. The summed E-state index contributed by atoms with van der Waals surface area (Å²) in [5.74, 6) is -2.47. The maximum atomic E-state index is 12.2. The lowest BCUT2D eigenvalue weighted by atomic mass is 10.0. The number of halogens is 3. The van der Waals surface area contributed by atoms with E-state index in [1.807, 2.05) is 0 Å². The summed E-state index contributed by atoms with van der Waals surface area (Å²) < 4.78 is 0.369. The van der Waals surface area contributed by atoms with Gasteiger partial charge in [0, 0.05) is 14.5 Å². The van der Waals surface area contributed by atoms with E-state index in [2.05, 4.69) is 15.9 Å². The fourth-order valence-electron chi connectivity index (χ4n) is 1.84. The maximum Gasteiger partial charge on any atom is 0.339 e. The number of benzene rings is 2. The number of allylic oxidation sites excluding steroid dienone is 1. The van der Waals surface area contributed by atoms with Gasteiger partial charge in [-0.25, -0.2) is 4.79 Å². The largest absolute Gasteiger partial charge is 0.506 e. The molecule has 2 rings (SSSR count). The Morgan fingerprint density at radius 3 is 2.35 bits per heavy atom. The van der Waals surface area contributed by atoms with Crippen molar-refractivity contribution in [2.45, 2.75) is 0 Å². The minimum atomic E-state index is -1.33. The number of aromatic carboxylic acids is 1. The first kappa shape index (κ1) is 17.5. The van der Waals surface area contributed by atoms with E-state index in [9.17, 15) is 14.7 Å². The predicted molar refractivity (Wildman–Crippen MR) is 92.6 cm³/mol. The van der Waals surface area contributed by atoms with Gasteiger partial charge in [0.25, 0.3) is 0 Å². The van der Waals surface area contributed by atoms with Gasteiger partial charge < -0.3 is 10.2 Å². The molecule has 2 N–H and O–H groups in total. The molecule has 118 valence electrons. The molecule has 0 spiro atoms. The quantitative estimate of drug-likeness (QED) is 0.540. The van der Waals surface area contributed by atoms with Crippen LogP contribution < -0.4 is 0 Å². The fourth-order valence-corrected chi connectivity index (χ4v) is 2.77. The summed E-state index contributed by atoms with van der Waals surface area (Å²) in [5.41, 5.74) is 0.0797. The molecular weight excluding hydrogens is 407 g/mol. The van der Waals surface area contributed by atoms with E-state index in [1.165, 1.54) is 30.4 Å². The van der Waals surface area contributed by atoms with Gasteiger partial charge in [-0.15, -0.1) is 0 Å². The van der Waals surface area contributed by atoms with Crippen LogP contribution in [0.2, 0.25) is 10.0 Å². The van der Waals surface area contributed by atoms with Crippen molar-refractivity contribution in [1.82, 2.24) is 0 Å². The molecular formula is C16H9BrCl2O4. The third-order valence-electron chi connectivity index (χ3n) is 2.95. The van der Waals surface area contributed by atoms with Crippen LogP contribution in [0, 0.1) is 0 Å². The molecule has 0 radical (unpaired) electrons. The number of carbonyl (C=O) groups is 2. The van der Waals surface area contributed by atoms with E-state index in [0.717, 1.165) is 0 Å². The smallest absolute Gasteiger partial charge is 0.339 e. The highest BCUT2D eigenvalue weighted by Gasteiger charge is 2.18. The first-order valence-corrected chi connectivity index (χ1v) is 7.77. The van der Waals surface area contributed by atoms with Crippen LogP contribution in [0.1, 0.15) is 26.3 Å². The summed E-state index contributed by atoms with van der Waals surface area (Å²) in [6.45, 7) is 0. The number of carboxylic acid groups (broad SMARTS) is 1. The van der Waals surface area contributed by atoms with Gasteiger partial charge in [0.1, 0.15) is 11.3 Å². The minimum Gasteiger partial charge on any atom is -0.506 e. The number of hydrogen-bond donors (Lipinski definition) is 2. The van der Waals surface area contributed by atoms with E-state index in [-0.39, 0.29) is 11.1 Å². The number of phenols is 1. The van der Waals surface area contributed by atoms with Crippen molar-refractivity contribution in [2.75, 3.05) is 0 Å². The number of rotatable bonds is 4. The van der Waals surface area contributed by atoms with Crippen molar-refractivity contribution in [3.8, 4) is 5.75 Å². The Morgan fingerprint density at radius 1 is 1.09 bits per heavy atom. The SMILES string of the molecule is O=C(O)c1cc(Br)cc(C(=O)/C=C/c2ccc(Cl)cc2Cl)c1O. The van der Waals surface area contributed by atoms with Gasteiger partial charge in [-0.2, -0.15) is 0 Å². The van der Waals surface area contributed by atoms with Crippen LogP contribution in [0.25, 0.3) is 6.08 Å². The van der Waals surface area contributed by atoms with E-state index >= 15 is 0 Å². The second-order valence-corrected chi connectivity index (χ2v) is 6.28. The molecule has 0 aliphatic carbocycles. The van der Waals surface area contributed by atoms with Crippen LogP contribution in [-0.2, 0) is 0 Å². The van der Waals surface area contributed by atoms with Gasteiger partial charge in [0.2, 0.25) is 0 Å². The Kier molecular flexibility index (Phi) is 5.46. The summed E-state index contributed by atoms with van der Waals surface area (Å²) in [7, 11) is 0. The van der Waals surface area contributed by atoms with Crippen LogP contribution in [0.15, 0.2) is 40.9 Å². The molecule has 23 heavy (non-hydrogen) atoms. The molecule has 0 heterocycles. The molecule has 0 aliphatic heterocycles. The lowest BCUT2D eigenvalue weighted by Crippen LogP contribution is -2.03. The molecule has 0 fully saturated rings. The number of hydrogen-bond acceptors (Lipinski definition) is 3. The molecule has 0 aromatic heterocycles. The summed E-state index contributed by atoms with van der Waals surface area (Å²) in [4.78, 5) is 23.3. The van der Waals surface area contributed by atoms with Crippen LogP contribution in [0.4, 0.5) is 0 Å². The average molecular weight is 416 g/mol. The highest BCUT2D eigenvalue weighted by molar-refractivity contribution is 9.10. The van der Waals surface area contributed by atoms with E-state index in [1.54, 1.807) is 12.1 Å². The zero-order chi connectivity index (χ0) is 17.1. The zero-order valence-corrected chi connectivity index (χ0v) is 14.5. The number of ketones is 1. The van der Waals surface area contributed by atoms with Crippen LogP contribution in [0.5, 0.6) is 5.75 Å². The van der Waals surface area contributed by atoms with Gasteiger partial charge in [-0.3, -0.25) is 4.79 Å². The Labute approximate surface area is 150 Å². The molecule has 0 unspecified atom stereocenters. The van der Waals surface area contributed by atoms with Crippen molar-refractivity contribution >= 4 is 57.0 Å². The zero-order valence-electron chi connectivity index (χ0n) is 11.4. The molecule has 0 bridgehead atoms.